The molecule has 0 radical (unpaired) electrons. The third-order valence-corrected chi connectivity index (χ3v) is 5.98. The monoisotopic (exact) mass is 429 g/mol. The first kappa shape index (κ1) is 20.7. The molecule has 2 aromatic carbocycles. The van der Waals surface area contributed by atoms with Gasteiger partial charge in [0.25, 0.3) is 11.8 Å². The highest BCUT2D eigenvalue weighted by Crippen LogP contribution is 2.18. The highest BCUT2D eigenvalue weighted by molar-refractivity contribution is 7.89. The first-order valence-corrected chi connectivity index (χ1v) is 11.0. The van der Waals surface area contributed by atoms with Crippen LogP contribution in [0.2, 0.25) is 0 Å². The molecule has 0 saturated heterocycles. The molecule has 150 valence electrons. The number of carbonyl (C=O) groups excluding carboxylic acids is 2. The van der Waals surface area contributed by atoms with Gasteiger partial charge < -0.3 is 10.6 Å². The van der Waals surface area contributed by atoms with Crippen molar-refractivity contribution in [1.82, 2.24) is 5.32 Å². The van der Waals surface area contributed by atoms with Gasteiger partial charge in [-0.15, -0.1) is 11.3 Å². The molecule has 3 rings (SSSR count). The summed E-state index contributed by atoms with van der Waals surface area (Å²) in [6, 6.07) is 15.8. The molecule has 0 aliphatic heterocycles. The molecule has 2 amide bonds. The van der Waals surface area contributed by atoms with Crippen molar-refractivity contribution in [3.8, 4) is 0 Å². The first-order valence-electron chi connectivity index (χ1n) is 8.62. The standard InChI is InChI=1S/C20H19N3O4S2/c1-13(14-7-9-17(10-8-14)29(21,26)27)22-19(24)15-4-2-5-16(12-15)23-20(25)18-6-3-11-28-18/h2-13H,1H3,(H,22,24)(H,23,25)(H2,21,26,27). The minimum absolute atomic E-state index is 0.00830. The molecule has 0 saturated carbocycles. The number of anilines is 1. The van der Waals surface area contributed by atoms with Gasteiger partial charge in [0.2, 0.25) is 10.0 Å². The van der Waals surface area contributed by atoms with Gasteiger partial charge in [-0.25, -0.2) is 13.6 Å². The van der Waals surface area contributed by atoms with E-state index in [0.29, 0.717) is 16.1 Å². The maximum absolute atomic E-state index is 12.6. The van der Waals surface area contributed by atoms with Gasteiger partial charge in [0.15, 0.2) is 0 Å². The van der Waals surface area contributed by atoms with E-state index >= 15 is 0 Å². The third-order valence-electron chi connectivity index (χ3n) is 4.18. The van der Waals surface area contributed by atoms with Gasteiger partial charge in [0.05, 0.1) is 15.8 Å². The van der Waals surface area contributed by atoms with E-state index in [-0.39, 0.29) is 22.8 Å². The van der Waals surface area contributed by atoms with Crippen molar-refractivity contribution in [2.75, 3.05) is 5.32 Å². The summed E-state index contributed by atoms with van der Waals surface area (Å²) < 4.78 is 22.7. The summed E-state index contributed by atoms with van der Waals surface area (Å²) >= 11 is 1.33. The number of sulfonamides is 1. The quantitative estimate of drug-likeness (QED) is 0.558. The molecular formula is C20H19N3O4S2. The Morgan fingerprint density at radius 1 is 1.00 bits per heavy atom. The number of benzene rings is 2. The Hall–Kier alpha value is -3.01. The average Bonchev–Trinajstić information content (AvgIpc) is 3.22. The Balaban J connectivity index is 1.68. The van der Waals surface area contributed by atoms with Crippen LogP contribution in [0.25, 0.3) is 0 Å². The Morgan fingerprint density at radius 2 is 1.72 bits per heavy atom. The molecule has 4 N–H and O–H groups in total. The van der Waals surface area contributed by atoms with Crippen molar-refractivity contribution < 1.29 is 18.0 Å². The molecule has 1 unspecified atom stereocenters. The van der Waals surface area contributed by atoms with Gasteiger partial charge in [-0.05, 0) is 54.3 Å². The molecule has 3 aromatic rings. The van der Waals surface area contributed by atoms with Gasteiger partial charge in [-0.1, -0.05) is 24.3 Å². The molecule has 0 spiro atoms. The van der Waals surface area contributed by atoms with Crippen LogP contribution in [-0.2, 0) is 10.0 Å². The first-order chi connectivity index (χ1) is 13.7. The van der Waals surface area contributed by atoms with E-state index in [2.05, 4.69) is 10.6 Å². The number of primary sulfonamides is 1. The van der Waals surface area contributed by atoms with Crippen molar-refractivity contribution in [2.24, 2.45) is 5.14 Å². The fourth-order valence-corrected chi connectivity index (χ4v) is 3.78. The summed E-state index contributed by atoms with van der Waals surface area (Å²) in [5.41, 5.74) is 1.64. The number of amides is 2. The smallest absolute Gasteiger partial charge is 0.265 e. The van der Waals surface area contributed by atoms with Crippen molar-refractivity contribution in [1.29, 1.82) is 0 Å². The molecule has 9 heteroatoms. The molecule has 29 heavy (non-hydrogen) atoms. The van der Waals surface area contributed by atoms with Crippen LogP contribution in [0.3, 0.4) is 0 Å². The zero-order chi connectivity index (χ0) is 21.0. The number of nitrogens with two attached hydrogens (primary N) is 1. The van der Waals surface area contributed by atoms with Crippen LogP contribution < -0.4 is 15.8 Å². The highest BCUT2D eigenvalue weighted by Gasteiger charge is 2.14. The molecule has 0 fully saturated rings. The van der Waals surface area contributed by atoms with Crippen LogP contribution in [0.15, 0.2) is 70.9 Å². The van der Waals surface area contributed by atoms with Crippen molar-refractivity contribution in [2.45, 2.75) is 17.9 Å². The zero-order valence-electron chi connectivity index (χ0n) is 15.5. The fraction of sp³-hybridized carbons (Fsp3) is 0.100. The molecule has 1 aromatic heterocycles. The lowest BCUT2D eigenvalue weighted by Crippen LogP contribution is -2.26. The summed E-state index contributed by atoms with van der Waals surface area (Å²) in [4.78, 5) is 25.3. The van der Waals surface area contributed by atoms with Crippen molar-refractivity contribution in [3.05, 3.63) is 82.0 Å². The molecule has 1 atom stereocenters. The average molecular weight is 430 g/mol. The number of hydrogen-bond acceptors (Lipinski definition) is 5. The van der Waals surface area contributed by atoms with Gasteiger partial charge in [-0.3, -0.25) is 9.59 Å². The van der Waals surface area contributed by atoms with Crippen molar-refractivity contribution >= 4 is 38.9 Å². The van der Waals surface area contributed by atoms with Gasteiger partial charge in [0.1, 0.15) is 0 Å². The maximum atomic E-state index is 12.6. The topological polar surface area (TPSA) is 118 Å². The van der Waals surface area contributed by atoms with Gasteiger partial charge >= 0.3 is 0 Å². The summed E-state index contributed by atoms with van der Waals surface area (Å²) in [6.07, 6.45) is 0. The van der Waals surface area contributed by atoms with Crippen molar-refractivity contribution in [3.63, 3.8) is 0 Å². The van der Waals surface area contributed by atoms with Crippen LogP contribution in [0.5, 0.6) is 0 Å². The van der Waals surface area contributed by atoms with Crippen LogP contribution in [0.1, 0.15) is 38.6 Å². The Kier molecular flexibility index (Phi) is 6.12. The van der Waals surface area contributed by atoms with Gasteiger partial charge in [-0.2, -0.15) is 0 Å². The summed E-state index contributed by atoms with van der Waals surface area (Å²) in [5.74, 6) is -0.555. The Morgan fingerprint density at radius 3 is 2.34 bits per heavy atom. The fourth-order valence-electron chi connectivity index (χ4n) is 2.65. The maximum Gasteiger partial charge on any atom is 0.265 e. The molecule has 1 heterocycles. The molecular weight excluding hydrogens is 410 g/mol. The van der Waals surface area contributed by atoms with E-state index in [1.807, 2.05) is 5.38 Å². The molecule has 0 aliphatic carbocycles. The third kappa shape index (κ3) is 5.29. The van der Waals surface area contributed by atoms with E-state index in [1.54, 1.807) is 55.5 Å². The number of rotatable bonds is 6. The minimum Gasteiger partial charge on any atom is -0.346 e. The molecule has 0 aliphatic rings. The van der Waals surface area contributed by atoms with Crippen LogP contribution >= 0.6 is 11.3 Å². The minimum atomic E-state index is -3.76. The summed E-state index contributed by atoms with van der Waals surface area (Å²) in [6.45, 7) is 1.78. The number of thiophene rings is 1. The van der Waals surface area contributed by atoms with Gasteiger partial charge in [0, 0.05) is 11.3 Å². The van der Waals surface area contributed by atoms with E-state index in [1.165, 1.54) is 23.5 Å². The number of hydrogen-bond donors (Lipinski definition) is 3. The van der Waals surface area contributed by atoms with Crippen LogP contribution in [-0.4, -0.2) is 20.2 Å². The predicted octanol–water partition coefficient (Wildman–Crippen LogP) is 3.14. The second kappa shape index (κ2) is 8.56. The van der Waals surface area contributed by atoms with Crippen LogP contribution in [0, 0.1) is 0 Å². The lowest BCUT2D eigenvalue weighted by atomic mass is 10.1. The van der Waals surface area contributed by atoms with E-state index in [0.717, 1.165) is 5.56 Å². The highest BCUT2D eigenvalue weighted by atomic mass is 32.2. The van der Waals surface area contributed by atoms with E-state index in [4.69, 9.17) is 5.14 Å². The SMILES string of the molecule is CC(NC(=O)c1cccc(NC(=O)c2cccs2)c1)c1ccc(S(N)(=O)=O)cc1. The van der Waals surface area contributed by atoms with E-state index < -0.39 is 10.0 Å². The van der Waals surface area contributed by atoms with E-state index in [9.17, 15) is 18.0 Å². The number of nitrogens with one attached hydrogen (secondary N) is 2. The Bertz CT molecular complexity index is 1120. The lowest BCUT2D eigenvalue weighted by Gasteiger charge is -2.15. The number of carbonyl (C=O) groups is 2. The normalized spacial score (nSPS) is 12.2. The largest absolute Gasteiger partial charge is 0.346 e. The zero-order valence-corrected chi connectivity index (χ0v) is 17.1. The second-order valence-corrected chi connectivity index (χ2v) is 8.83. The lowest BCUT2D eigenvalue weighted by molar-refractivity contribution is 0.0938. The van der Waals surface area contributed by atoms with Crippen LogP contribution in [0.4, 0.5) is 5.69 Å². The predicted molar refractivity (Wildman–Crippen MR) is 112 cm³/mol. The summed E-state index contributed by atoms with van der Waals surface area (Å²) in [7, 11) is -3.76. The summed E-state index contributed by atoms with van der Waals surface area (Å²) in [5, 5.41) is 12.5. The Labute approximate surface area is 172 Å². The molecule has 0 bridgehead atoms. The second-order valence-electron chi connectivity index (χ2n) is 6.32. The molecule has 7 nitrogen and oxygen atoms in total.